The Morgan fingerprint density at radius 1 is 1.35 bits per heavy atom. The predicted octanol–water partition coefficient (Wildman–Crippen LogP) is 2.65. The number of hydrogen-bond donors (Lipinski definition) is 1. The van der Waals surface area contributed by atoms with E-state index in [9.17, 15) is 9.50 Å². The first-order chi connectivity index (χ1) is 8.22. The maximum atomic E-state index is 13.3. The van der Waals surface area contributed by atoms with Gasteiger partial charge in [0.15, 0.2) is 0 Å². The van der Waals surface area contributed by atoms with Crippen molar-refractivity contribution in [2.45, 2.75) is 32.2 Å². The summed E-state index contributed by atoms with van der Waals surface area (Å²) in [6.45, 7) is 4.14. The van der Waals surface area contributed by atoms with Crippen molar-refractivity contribution in [1.82, 2.24) is 4.90 Å². The minimum Gasteiger partial charge on any atom is -0.396 e. The zero-order valence-electron chi connectivity index (χ0n) is 10.3. The van der Waals surface area contributed by atoms with Crippen LogP contribution < -0.4 is 0 Å². The summed E-state index contributed by atoms with van der Waals surface area (Å²) in [5, 5.41) is 9.18. The highest BCUT2D eigenvalue weighted by molar-refractivity contribution is 5.26. The monoisotopic (exact) mass is 237 g/mol. The maximum absolute atomic E-state index is 13.3. The van der Waals surface area contributed by atoms with Gasteiger partial charge in [0.1, 0.15) is 5.82 Å². The van der Waals surface area contributed by atoms with E-state index in [0.717, 1.165) is 25.1 Å². The van der Waals surface area contributed by atoms with Gasteiger partial charge in [-0.05, 0) is 56.5 Å². The highest BCUT2D eigenvalue weighted by Gasteiger charge is 2.23. The van der Waals surface area contributed by atoms with Gasteiger partial charge in [-0.2, -0.15) is 0 Å². The van der Waals surface area contributed by atoms with E-state index in [0.29, 0.717) is 5.56 Å². The largest absolute Gasteiger partial charge is 0.396 e. The van der Waals surface area contributed by atoms with E-state index in [1.165, 1.54) is 18.9 Å². The van der Waals surface area contributed by atoms with Crippen molar-refractivity contribution >= 4 is 0 Å². The van der Waals surface area contributed by atoms with Gasteiger partial charge in [-0.1, -0.05) is 12.1 Å². The molecule has 1 heterocycles. The molecular formula is C14H20FNO. The normalized spacial score (nSPS) is 18.5. The Bertz CT molecular complexity index is 374. The van der Waals surface area contributed by atoms with Crippen molar-refractivity contribution in [2.24, 2.45) is 0 Å². The lowest BCUT2D eigenvalue weighted by Gasteiger charge is -2.27. The topological polar surface area (TPSA) is 23.5 Å². The summed E-state index contributed by atoms with van der Waals surface area (Å²) >= 11 is 0. The lowest BCUT2D eigenvalue weighted by molar-refractivity contribution is 0.185. The van der Waals surface area contributed by atoms with Gasteiger partial charge >= 0.3 is 0 Å². The van der Waals surface area contributed by atoms with Crippen LogP contribution in [0.25, 0.3) is 0 Å². The Balaban J connectivity index is 2.21. The molecule has 0 aliphatic carbocycles. The van der Waals surface area contributed by atoms with Crippen molar-refractivity contribution < 1.29 is 9.50 Å². The number of halogens is 1. The molecule has 1 aliphatic rings. The lowest BCUT2D eigenvalue weighted by Crippen LogP contribution is -2.26. The van der Waals surface area contributed by atoms with E-state index in [1.54, 1.807) is 6.92 Å². The van der Waals surface area contributed by atoms with E-state index in [-0.39, 0.29) is 18.5 Å². The fourth-order valence-electron chi connectivity index (χ4n) is 2.61. The van der Waals surface area contributed by atoms with Gasteiger partial charge in [0.25, 0.3) is 0 Å². The Morgan fingerprint density at radius 3 is 2.65 bits per heavy atom. The van der Waals surface area contributed by atoms with Gasteiger partial charge < -0.3 is 5.11 Å². The summed E-state index contributed by atoms with van der Waals surface area (Å²) in [6.07, 6.45) is 3.18. The van der Waals surface area contributed by atoms with Crippen molar-refractivity contribution in [3.05, 3.63) is 35.1 Å². The maximum Gasteiger partial charge on any atom is 0.126 e. The summed E-state index contributed by atoms with van der Waals surface area (Å²) in [7, 11) is 0. The van der Waals surface area contributed by atoms with Crippen LogP contribution in [0.5, 0.6) is 0 Å². The molecule has 2 nitrogen and oxygen atoms in total. The zero-order chi connectivity index (χ0) is 12.3. The molecule has 17 heavy (non-hydrogen) atoms. The SMILES string of the molecule is Cc1cc(C(CCO)N2CCCC2)ccc1F. The number of nitrogens with zero attached hydrogens (tertiary/aromatic N) is 1. The van der Waals surface area contributed by atoms with E-state index in [2.05, 4.69) is 4.90 Å². The second-order valence-electron chi connectivity index (χ2n) is 4.78. The van der Waals surface area contributed by atoms with Crippen LogP contribution >= 0.6 is 0 Å². The number of aryl methyl sites for hydroxylation is 1. The molecule has 0 spiro atoms. The van der Waals surface area contributed by atoms with E-state index < -0.39 is 0 Å². The Labute approximate surface area is 102 Å². The zero-order valence-corrected chi connectivity index (χ0v) is 10.3. The van der Waals surface area contributed by atoms with Crippen LogP contribution in [-0.2, 0) is 0 Å². The molecule has 0 saturated carbocycles. The average Bonchev–Trinajstić information content (AvgIpc) is 2.83. The molecule has 0 bridgehead atoms. The fraction of sp³-hybridized carbons (Fsp3) is 0.571. The fourth-order valence-corrected chi connectivity index (χ4v) is 2.61. The molecular weight excluding hydrogens is 217 g/mol. The predicted molar refractivity (Wildman–Crippen MR) is 66.4 cm³/mol. The molecule has 0 amide bonds. The third-order valence-electron chi connectivity index (χ3n) is 3.55. The van der Waals surface area contributed by atoms with E-state index >= 15 is 0 Å². The van der Waals surface area contributed by atoms with Gasteiger partial charge in [0.05, 0.1) is 0 Å². The van der Waals surface area contributed by atoms with Crippen LogP contribution in [-0.4, -0.2) is 29.7 Å². The number of hydrogen-bond acceptors (Lipinski definition) is 2. The first-order valence-electron chi connectivity index (χ1n) is 6.33. The number of rotatable bonds is 4. The minimum absolute atomic E-state index is 0.155. The molecule has 1 saturated heterocycles. The molecule has 1 atom stereocenters. The van der Waals surface area contributed by atoms with Crippen LogP contribution in [0.15, 0.2) is 18.2 Å². The van der Waals surface area contributed by atoms with Gasteiger partial charge in [-0.15, -0.1) is 0 Å². The smallest absolute Gasteiger partial charge is 0.126 e. The molecule has 1 aliphatic heterocycles. The van der Waals surface area contributed by atoms with Gasteiger partial charge in [0.2, 0.25) is 0 Å². The summed E-state index contributed by atoms with van der Waals surface area (Å²) in [5.41, 5.74) is 1.81. The number of likely N-dealkylation sites (tertiary alicyclic amines) is 1. The van der Waals surface area contributed by atoms with E-state index in [4.69, 9.17) is 0 Å². The van der Waals surface area contributed by atoms with Crippen LogP contribution in [0.3, 0.4) is 0 Å². The van der Waals surface area contributed by atoms with Crippen LogP contribution in [0, 0.1) is 12.7 Å². The first kappa shape index (κ1) is 12.5. The minimum atomic E-state index is -0.155. The highest BCUT2D eigenvalue weighted by atomic mass is 19.1. The molecule has 1 aromatic rings. The molecule has 1 aromatic carbocycles. The second kappa shape index (κ2) is 5.61. The highest BCUT2D eigenvalue weighted by Crippen LogP contribution is 2.28. The Kier molecular flexibility index (Phi) is 4.13. The summed E-state index contributed by atoms with van der Waals surface area (Å²) in [5.74, 6) is -0.155. The number of aliphatic hydroxyl groups excluding tert-OH is 1. The third kappa shape index (κ3) is 2.85. The third-order valence-corrected chi connectivity index (χ3v) is 3.55. The molecule has 1 N–H and O–H groups in total. The van der Waals surface area contributed by atoms with Crippen LogP contribution in [0.2, 0.25) is 0 Å². The molecule has 1 unspecified atom stereocenters. The van der Waals surface area contributed by atoms with Gasteiger partial charge in [0, 0.05) is 12.6 Å². The summed E-state index contributed by atoms with van der Waals surface area (Å²) < 4.78 is 13.3. The summed E-state index contributed by atoms with van der Waals surface area (Å²) in [4.78, 5) is 2.39. The molecule has 94 valence electrons. The van der Waals surface area contributed by atoms with Crippen LogP contribution in [0.1, 0.15) is 36.4 Å². The van der Waals surface area contributed by atoms with Crippen molar-refractivity contribution in [3.63, 3.8) is 0 Å². The van der Waals surface area contributed by atoms with Crippen molar-refractivity contribution in [3.8, 4) is 0 Å². The Hall–Kier alpha value is -0.930. The van der Waals surface area contributed by atoms with E-state index in [1.807, 2.05) is 12.1 Å². The molecule has 0 aromatic heterocycles. The van der Waals surface area contributed by atoms with Crippen LogP contribution in [0.4, 0.5) is 4.39 Å². The van der Waals surface area contributed by atoms with Gasteiger partial charge in [-0.3, -0.25) is 4.90 Å². The molecule has 1 fully saturated rings. The first-order valence-corrected chi connectivity index (χ1v) is 6.33. The summed E-state index contributed by atoms with van der Waals surface area (Å²) in [6, 6.07) is 5.53. The molecule has 3 heteroatoms. The quantitative estimate of drug-likeness (QED) is 0.870. The second-order valence-corrected chi connectivity index (χ2v) is 4.78. The Morgan fingerprint density at radius 2 is 2.06 bits per heavy atom. The average molecular weight is 237 g/mol. The lowest BCUT2D eigenvalue weighted by atomic mass is 10.0. The number of aliphatic hydroxyl groups is 1. The van der Waals surface area contributed by atoms with Gasteiger partial charge in [-0.25, -0.2) is 4.39 Å². The van der Waals surface area contributed by atoms with Crippen molar-refractivity contribution in [1.29, 1.82) is 0 Å². The molecule has 2 rings (SSSR count). The van der Waals surface area contributed by atoms with Crippen molar-refractivity contribution in [2.75, 3.05) is 19.7 Å². The number of benzene rings is 1. The molecule has 0 radical (unpaired) electrons. The standard InChI is InChI=1S/C14H20FNO/c1-11-10-12(4-5-13(11)15)14(6-9-17)16-7-2-3-8-16/h4-5,10,14,17H,2-3,6-9H2,1H3.